The number of para-hydroxylation sites is 2. The summed E-state index contributed by atoms with van der Waals surface area (Å²) in [5, 5.41) is 0. The zero-order valence-corrected chi connectivity index (χ0v) is 17.6. The molecule has 2 aromatic rings. The van der Waals surface area contributed by atoms with Crippen molar-refractivity contribution < 1.29 is 19.1 Å². The number of piperazine rings is 1. The molecular formula is C24H27N3O4. The number of nitrogens with zero attached hydrogens (tertiary/aromatic N) is 3. The van der Waals surface area contributed by atoms with Crippen LogP contribution in [0.4, 0.5) is 5.69 Å². The highest BCUT2D eigenvalue weighted by Crippen LogP contribution is 2.31. The Balaban J connectivity index is 1.18. The van der Waals surface area contributed by atoms with E-state index < -0.39 is 0 Å². The maximum Gasteiger partial charge on any atom is 0.242 e. The van der Waals surface area contributed by atoms with E-state index in [2.05, 4.69) is 23.1 Å². The first-order chi connectivity index (χ1) is 15.2. The largest absolute Gasteiger partial charge is 0.493 e. The Bertz CT molecular complexity index is 985. The molecule has 3 heterocycles. The highest BCUT2D eigenvalue weighted by Gasteiger charge is 2.28. The van der Waals surface area contributed by atoms with Crippen molar-refractivity contribution in [2.24, 2.45) is 0 Å². The highest BCUT2D eigenvalue weighted by atomic mass is 16.5. The number of hydrogen-bond donors (Lipinski definition) is 0. The first-order valence-electron chi connectivity index (χ1n) is 10.9. The number of benzene rings is 2. The van der Waals surface area contributed by atoms with Gasteiger partial charge in [0.05, 0.1) is 25.3 Å². The minimum Gasteiger partial charge on any atom is -0.493 e. The van der Waals surface area contributed by atoms with Gasteiger partial charge in [0, 0.05) is 39.1 Å². The molecule has 0 aliphatic carbocycles. The van der Waals surface area contributed by atoms with Crippen LogP contribution < -0.4 is 14.4 Å². The number of rotatable bonds is 4. The van der Waals surface area contributed by atoms with E-state index in [4.69, 9.17) is 9.47 Å². The van der Waals surface area contributed by atoms with Gasteiger partial charge in [0.2, 0.25) is 11.8 Å². The van der Waals surface area contributed by atoms with Crippen LogP contribution in [0.25, 0.3) is 0 Å². The maximum absolute atomic E-state index is 13.0. The molecule has 0 bridgehead atoms. The normalized spacial score (nSPS) is 18.6. The van der Waals surface area contributed by atoms with E-state index in [0.717, 1.165) is 38.4 Å². The van der Waals surface area contributed by atoms with E-state index in [1.54, 1.807) is 4.90 Å². The Kier molecular flexibility index (Phi) is 5.51. The molecule has 7 nitrogen and oxygen atoms in total. The van der Waals surface area contributed by atoms with Crippen LogP contribution in [-0.2, 0) is 22.6 Å². The molecule has 0 spiro atoms. The average molecular weight is 421 g/mol. The van der Waals surface area contributed by atoms with Gasteiger partial charge >= 0.3 is 0 Å². The van der Waals surface area contributed by atoms with Crippen molar-refractivity contribution in [3.05, 3.63) is 53.6 Å². The quantitative estimate of drug-likeness (QED) is 0.757. The first kappa shape index (κ1) is 19.9. The maximum atomic E-state index is 13.0. The van der Waals surface area contributed by atoms with Crippen LogP contribution in [0.1, 0.15) is 17.5 Å². The molecule has 0 radical (unpaired) electrons. The average Bonchev–Trinajstić information content (AvgIpc) is 3.20. The van der Waals surface area contributed by atoms with Crippen molar-refractivity contribution in [1.82, 2.24) is 9.80 Å². The topological polar surface area (TPSA) is 62.3 Å². The fraction of sp³-hybridized carbons (Fsp3) is 0.417. The summed E-state index contributed by atoms with van der Waals surface area (Å²) in [6, 6.07) is 13.9. The number of ether oxygens (including phenoxy) is 2. The van der Waals surface area contributed by atoms with Crippen molar-refractivity contribution in [2.45, 2.75) is 19.4 Å². The Morgan fingerprint density at radius 2 is 1.68 bits per heavy atom. The SMILES string of the molecule is O=C(CN1C(=O)CCOc2ccccc21)N1CCN(Cc2ccc3c(c2)CCO3)CC1. The molecule has 31 heavy (non-hydrogen) atoms. The third-order valence-corrected chi connectivity index (χ3v) is 6.21. The number of fused-ring (bicyclic) bond motifs is 2. The van der Waals surface area contributed by atoms with Gasteiger partial charge in [-0.15, -0.1) is 0 Å². The standard InChI is InChI=1S/C24H27N3O4/c28-23-8-14-31-22-4-2-1-3-20(22)27(23)17-24(29)26-11-9-25(10-12-26)16-18-5-6-21-19(15-18)7-13-30-21/h1-6,15H,7-14,16-17H2. The van der Waals surface area contributed by atoms with Crippen LogP contribution in [0.3, 0.4) is 0 Å². The predicted octanol–water partition coefficient (Wildman–Crippen LogP) is 2.08. The molecule has 1 fully saturated rings. The second-order valence-electron chi connectivity index (χ2n) is 8.24. The lowest BCUT2D eigenvalue weighted by Crippen LogP contribution is -2.51. The Morgan fingerprint density at radius 3 is 2.55 bits per heavy atom. The first-order valence-corrected chi connectivity index (χ1v) is 10.9. The summed E-state index contributed by atoms with van der Waals surface area (Å²) in [7, 11) is 0. The molecule has 5 rings (SSSR count). The molecule has 3 aliphatic heterocycles. The van der Waals surface area contributed by atoms with E-state index in [1.165, 1.54) is 11.1 Å². The fourth-order valence-corrected chi connectivity index (χ4v) is 4.48. The van der Waals surface area contributed by atoms with Gasteiger partial charge in [-0.2, -0.15) is 0 Å². The number of amides is 2. The molecule has 7 heteroatoms. The monoisotopic (exact) mass is 421 g/mol. The molecule has 1 saturated heterocycles. The third kappa shape index (κ3) is 4.23. The van der Waals surface area contributed by atoms with Crippen LogP contribution in [0, 0.1) is 0 Å². The second-order valence-corrected chi connectivity index (χ2v) is 8.24. The zero-order chi connectivity index (χ0) is 21.2. The van der Waals surface area contributed by atoms with E-state index >= 15 is 0 Å². The molecule has 0 aromatic heterocycles. The van der Waals surface area contributed by atoms with E-state index in [0.29, 0.717) is 31.1 Å². The zero-order valence-electron chi connectivity index (χ0n) is 17.6. The smallest absolute Gasteiger partial charge is 0.242 e. The predicted molar refractivity (Wildman–Crippen MR) is 116 cm³/mol. The van der Waals surface area contributed by atoms with Gasteiger partial charge in [0.25, 0.3) is 0 Å². The van der Waals surface area contributed by atoms with Crippen molar-refractivity contribution in [3.8, 4) is 11.5 Å². The second kappa shape index (κ2) is 8.59. The van der Waals surface area contributed by atoms with Gasteiger partial charge < -0.3 is 14.4 Å². The number of anilines is 1. The van der Waals surface area contributed by atoms with Gasteiger partial charge in [0.1, 0.15) is 18.0 Å². The van der Waals surface area contributed by atoms with Crippen molar-refractivity contribution in [1.29, 1.82) is 0 Å². The van der Waals surface area contributed by atoms with Crippen molar-refractivity contribution in [3.63, 3.8) is 0 Å². The van der Waals surface area contributed by atoms with Crippen LogP contribution in [0.5, 0.6) is 11.5 Å². The van der Waals surface area contributed by atoms with Gasteiger partial charge in [0.15, 0.2) is 0 Å². The Morgan fingerprint density at radius 1 is 0.903 bits per heavy atom. The number of carbonyl (C=O) groups is 2. The summed E-state index contributed by atoms with van der Waals surface area (Å²) in [5.74, 6) is 1.58. The summed E-state index contributed by atoms with van der Waals surface area (Å²) >= 11 is 0. The van der Waals surface area contributed by atoms with Gasteiger partial charge in [-0.3, -0.25) is 19.4 Å². The molecule has 0 atom stereocenters. The van der Waals surface area contributed by atoms with E-state index in [-0.39, 0.29) is 24.8 Å². The van der Waals surface area contributed by atoms with Crippen molar-refractivity contribution in [2.75, 3.05) is 50.8 Å². The highest BCUT2D eigenvalue weighted by molar-refractivity contribution is 6.00. The number of carbonyl (C=O) groups excluding carboxylic acids is 2. The van der Waals surface area contributed by atoms with Gasteiger partial charge in [-0.05, 0) is 29.3 Å². The van der Waals surface area contributed by atoms with Crippen LogP contribution in [-0.4, -0.2) is 67.6 Å². The molecule has 2 amide bonds. The molecule has 0 N–H and O–H groups in total. The Hall–Kier alpha value is -3.06. The van der Waals surface area contributed by atoms with Crippen LogP contribution >= 0.6 is 0 Å². The molecular weight excluding hydrogens is 394 g/mol. The van der Waals surface area contributed by atoms with Crippen LogP contribution in [0.15, 0.2) is 42.5 Å². The fourth-order valence-electron chi connectivity index (χ4n) is 4.48. The summed E-state index contributed by atoms with van der Waals surface area (Å²) < 4.78 is 11.3. The lowest BCUT2D eigenvalue weighted by atomic mass is 10.1. The van der Waals surface area contributed by atoms with Crippen molar-refractivity contribution >= 4 is 17.5 Å². The lowest BCUT2D eigenvalue weighted by Gasteiger charge is -2.35. The minimum absolute atomic E-state index is 0.0145. The van der Waals surface area contributed by atoms with Gasteiger partial charge in [-0.25, -0.2) is 0 Å². The minimum atomic E-state index is -0.0717. The summed E-state index contributed by atoms with van der Waals surface area (Å²) in [4.78, 5) is 31.4. The Labute approximate surface area is 182 Å². The third-order valence-electron chi connectivity index (χ3n) is 6.21. The van der Waals surface area contributed by atoms with E-state index in [1.807, 2.05) is 29.2 Å². The van der Waals surface area contributed by atoms with Crippen LogP contribution in [0.2, 0.25) is 0 Å². The number of hydrogen-bond acceptors (Lipinski definition) is 5. The molecule has 0 saturated carbocycles. The summed E-state index contributed by atoms with van der Waals surface area (Å²) in [6.07, 6.45) is 1.26. The molecule has 3 aliphatic rings. The van der Waals surface area contributed by atoms with E-state index in [9.17, 15) is 9.59 Å². The molecule has 0 unspecified atom stereocenters. The summed E-state index contributed by atoms with van der Waals surface area (Å²) in [5.41, 5.74) is 3.26. The van der Waals surface area contributed by atoms with Gasteiger partial charge in [-0.1, -0.05) is 24.3 Å². The lowest BCUT2D eigenvalue weighted by molar-refractivity contribution is -0.133. The summed E-state index contributed by atoms with van der Waals surface area (Å²) in [6.45, 7) is 5.05. The molecule has 2 aromatic carbocycles. The molecule has 162 valence electrons.